The number of benzene rings is 2. The van der Waals surface area contributed by atoms with Gasteiger partial charge in [0.25, 0.3) is 0 Å². The fourth-order valence-electron chi connectivity index (χ4n) is 2.04. The Morgan fingerprint density at radius 3 is 2.65 bits per heavy atom. The first-order valence-electron chi connectivity index (χ1n) is 7.13. The van der Waals surface area contributed by atoms with Crippen molar-refractivity contribution in [3.05, 3.63) is 59.2 Å². The van der Waals surface area contributed by atoms with Crippen LogP contribution < -0.4 is 10.1 Å². The number of thioether (sulfide) groups is 1. The molecule has 0 spiro atoms. The minimum absolute atomic E-state index is 0.0625. The van der Waals surface area contributed by atoms with E-state index in [2.05, 4.69) is 11.4 Å². The largest absolute Gasteiger partial charge is 0.495 e. The predicted octanol–water partition coefficient (Wildman–Crippen LogP) is 3.75. The third kappa shape index (κ3) is 5.04. The Balaban J connectivity index is 1.85. The van der Waals surface area contributed by atoms with Gasteiger partial charge in [-0.25, -0.2) is 0 Å². The van der Waals surface area contributed by atoms with Crippen molar-refractivity contribution in [2.75, 3.05) is 18.2 Å². The van der Waals surface area contributed by atoms with E-state index >= 15 is 0 Å². The van der Waals surface area contributed by atoms with Crippen LogP contribution in [0.5, 0.6) is 5.75 Å². The van der Waals surface area contributed by atoms with Gasteiger partial charge in [-0.1, -0.05) is 18.2 Å². The Morgan fingerprint density at radius 2 is 2.00 bits per heavy atom. The lowest BCUT2D eigenvalue weighted by atomic mass is 10.2. The van der Waals surface area contributed by atoms with Gasteiger partial charge in [0.15, 0.2) is 0 Å². The van der Waals surface area contributed by atoms with Crippen LogP contribution in [-0.4, -0.2) is 18.8 Å². The second-order valence-corrected chi connectivity index (χ2v) is 6.04. The molecule has 0 aliphatic rings. The average Bonchev–Trinajstić information content (AvgIpc) is 2.56. The van der Waals surface area contributed by atoms with Crippen molar-refractivity contribution in [1.82, 2.24) is 0 Å². The van der Waals surface area contributed by atoms with Gasteiger partial charge in [0.05, 0.1) is 30.2 Å². The normalized spacial score (nSPS) is 9.96. The molecule has 0 aliphatic carbocycles. The number of carbonyl (C=O) groups excluding carboxylic acids is 1. The van der Waals surface area contributed by atoms with E-state index in [-0.39, 0.29) is 5.91 Å². The number of nitrogens with zero attached hydrogens (tertiary/aromatic N) is 1. The monoisotopic (exact) mass is 326 g/mol. The number of carbonyl (C=O) groups is 1. The van der Waals surface area contributed by atoms with Crippen molar-refractivity contribution in [1.29, 1.82) is 5.26 Å². The molecule has 0 radical (unpaired) electrons. The van der Waals surface area contributed by atoms with Gasteiger partial charge in [0.2, 0.25) is 5.91 Å². The first kappa shape index (κ1) is 16.9. The number of nitrogens with one attached hydrogen (secondary N) is 1. The smallest absolute Gasteiger partial charge is 0.234 e. The number of amides is 1. The van der Waals surface area contributed by atoms with Crippen molar-refractivity contribution in [2.24, 2.45) is 0 Å². The maximum absolute atomic E-state index is 12.1. The van der Waals surface area contributed by atoms with Crippen molar-refractivity contribution >= 4 is 23.4 Å². The van der Waals surface area contributed by atoms with Crippen LogP contribution in [0.25, 0.3) is 0 Å². The summed E-state index contributed by atoms with van der Waals surface area (Å²) in [4.78, 5) is 12.1. The van der Waals surface area contributed by atoms with Crippen LogP contribution in [0, 0.1) is 18.3 Å². The number of ether oxygens (including phenoxy) is 1. The van der Waals surface area contributed by atoms with Crippen molar-refractivity contribution in [2.45, 2.75) is 12.7 Å². The molecule has 4 nitrogen and oxygen atoms in total. The number of nitriles is 1. The lowest BCUT2D eigenvalue weighted by molar-refractivity contribution is -0.113. The molecule has 0 aliphatic heterocycles. The quantitative estimate of drug-likeness (QED) is 0.878. The Kier molecular flexibility index (Phi) is 6.07. The Labute approximate surface area is 140 Å². The molecule has 1 amide bonds. The average molecular weight is 326 g/mol. The van der Waals surface area contributed by atoms with Crippen LogP contribution in [0.3, 0.4) is 0 Å². The van der Waals surface area contributed by atoms with Gasteiger partial charge in [-0.05, 0) is 42.3 Å². The summed E-state index contributed by atoms with van der Waals surface area (Å²) >= 11 is 1.53. The highest BCUT2D eigenvalue weighted by atomic mass is 32.2. The molecule has 2 rings (SSSR count). The summed E-state index contributed by atoms with van der Waals surface area (Å²) in [6.07, 6.45) is 0. The highest BCUT2D eigenvalue weighted by molar-refractivity contribution is 7.99. The van der Waals surface area contributed by atoms with E-state index in [1.54, 1.807) is 19.2 Å². The summed E-state index contributed by atoms with van der Waals surface area (Å²) in [6.45, 7) is 1.97. The summed E-state index contributed by atoms with van der Waals surface area (Å²) in [5, 5.41) is 11.6. The van der Waals surface area contributed by atoms with Gasteiger partial charge in [-0.3, -0.25) is 4.79 Å². The molecule has 0 saturated heterocycles. The third-order valence-corrected chi connectivity index (χ3v) is 4.22. The van der Waals surface area contributed by atoms with E-state index in [1.165, 1.54) is 11.8 Å². The van der Waals surface area contributed by atoms with Crippen LogP contribution in [-0.2, 0) is 10.5 Å². The molecule has 2 aromatic carbocycles. The van der Waals surface area contributed by atoms with E-state index in [4.69, 9.17) is 10.00 Å². The number of anilines is 1. The fourth-order valence-corrected chi connectivity index (χ4v) is 2.83. The molecule has 5 heteroatoms. The summed E-state index contributed by atoms with van der Waals surface area (Å²) < 4.78 is 5.25. The van der Waals surface area contributed by atoms with Crippen molar-refractivity contribution in [3.8, 4) is 11.8 Å². The lowest BCUT2D eigenvalue weighted by Crippen LogP contribution is -2.15. The van der Waals surface area contributed by atoms with Gasteiger partial charge in [0, 0.05) is 5.75 Å². The molecule has 0 bridgehead atoms. The second-order valence-electron chi connectivity index (χ2n) is 5.05. The molecular formula is C18H18N2O2S. The van der Waals surface area contributed by atoms with Crippen LogP contribution in [0.4, 0.5) is 5.69 Å². The number of rotatable bonds is 6. The number of aryl methyl sites for hydroxylation is 1. The van der Waals surface area contributed by atoms with Crippen molar-refractivity contribution in [3.63, 3.8) is 0 Å². The first-order valence-corrected chi connectivity index (χ1v) is 8.29. The minimum Gasteiger partial charge on any atom is -0.495 e. The number of hydrogen-bond donors (Lipinski definition) is 1. The zero-order valence-corrected chi connectivity index (χ0v) is 13.9. The highest BCUT2D eigenvalue weighted by Crippen LogP contribution is 2.25. The van der Waals surface area contributed by atoms with E-state index in [9.17, 15) is 4.79 Å². The molecule has 0 unspecified atom stereocenters. The predicted molar refractivity (Wildman–Crippen MR) is 93.7 cm³/mol. The van der Waals surface area contributed by atoms with Gasteiger partial charge in [0.1, 0.15) is 5.75 Å². The summed E-state index contributed by atoms with van der Waals surface area (Å²) in [5.41, 5.74) is 3.49. The van der Waals surface area contributed by atoms with Crippen LogP contribution >= 0.6 is 11.8 Å². The summed E-state index contributed by atoms with van der Waals surface area (Å²) in [7, 11) is 1.58. The number of hydrogen-bond acceptors (Lipinski definition) is 4. The zero-order chi connectivity index (χ0) is 16.7. The van der Waals surface area contributed by atoms with Gasteiger partial charge >= 0.3 is 0 Å². The SMILES string of the molecule is COc1ccc(C)cc1NC(=O)CSCc1ccc(C#N)cc1. The van der Waals surface area contributed by atoms with Crippen molar-refractivity contribution < 1.29 is 9.53 Å². The minimum atomic E-state index is -0.0625. The standard InChI is InChI=1S/C18H18N2O2S/c1-13-3-8-17(22-2)16(9-13)20-18(21)12-23-11-15-6-4-14(10-19)5-7-15/h3-9H,11-12H2,1-2H3,(H,20,21). The molecule has 2 aromatic rings. The lowest BCUT2D eigenvalue weighted by Gasteiger charge is -2.11. The first-order chi connectivity index (χ1) is 11.1. The summed E-state index contributed by atoms with van der Waals surface area (Å²) in [6, 6.07) is 15.2. The molecule has 1 N–H and O–H groups in total. The van der Waals surface area contributed by atoms with Gasteiger partial charge < -0.3 is 10.1 Å². The maximum Gasteiger partial charge on any atom is 0.234 e. The summed E-state index contributed by atoms with van der Waals surface area (Å²) in [5.74, 6) is 1.68. The van der Waals surface area contributed by atoms with Crippen LogP contribution in [0.15, 0.2) is 42.5 Å². The fraction of sp³-hybridized carbons (Fsp3) is 0.222. The second kappa shape index (κ2) is 8.25. The Hall–Kier alpha value is -2.45. The molecule has 0 heterocycles. The maximum atomic E-state index is 12.1. The molecule has 23 heavy (non-hydrogen) atoms. The van der Waals surface area contributed by atoms with E-state index in [1.807, 2.05) is 37.3 Å². The molecule has 0 atom stereocenters. The third-order valence-electron chi connectivity index (χ3n) is 3.21. The number of methoxy groups -OCH3 is 1. The van der Waals surface area contributed by atoms with Crippen LogP contribution in [0.1, 0.15) is 16.7 Å². The zero-order valence-electron chi connectivity index (χ0n) is 13.1. The van der Waals surface area contributed by atoms with E-state index < -0.39 is 0 Å². The van der Waals surface area contributed by atoms with Crippen LogP contribution in [0.2, 0.25) is 0 Å². The topological polar surface area (TPSA) is 62.1 Å². The molecule has 0 aromatic heterocycles. The molecule has 0 saturated carbocycles. The molecular weight excluding hydrogens is 308 g/mol. The Morgan fingerprint density at radius 1 is 1.26 bits per heavy atom. The van der Waals surface area contributed by atoms with E-state index in [0.717, 1.165) is 16.9 Å². The van der Waals surface area contributed by atoms with Gasteiger partial charge in [-0.15, -0.1) is 11.8 Å². The highest BCUT2D eigenvalue weighted by Gasteiger charge is 2.08. The molecule has 0 fully saturated rings. The molecule has 118 valence electrons. The van der Waals surface area contributed by atoms with Gasteiger partial charge in [-0.2, -0.15) is 5.26 Å². The Bertz CT molecular complexity index is 721. The van der Waals surface area contributed by atoms with E-state index in [0.29, 0.717) is 22.8 Å².